The van der Waals surface area contributed by atoms with Crippen LogP contribution in [-0.4, -0.2) is 0 Å². The van der Waals surface area contributed by atoms with Gasteiger partial charge in [0.25, 0.3) is 0 Å². The Morgan fingerprint density at radius 1 is 0.266 bits per heavy atom. The average Bonchev–Trinajstić information content (AvgIpc) is 3.76. The molecule has 13 aromatic rings. The molecule has 0 atom stereocenters. The molecule has 0 bridgehead atoms. The van der Waals surface area contributed by atoms with Crippen LogP contribution in [0.4, 0.5) is 17.1 Å². The van der Waals surface area contributed by atoms with E-state index in [9.17, 15) is 0 Å². The molecule has 0 amide bonds. The summed E-state index contributed by atoms with van der Waals surface area (Å²) in [5.74, 6) is 0. The molecule has 2 heteroatoms. The van der Waals surface area contributed by atoms with Gasteiger partial charge in [-0.2, -0.15) is 0 Å². The van der Waals surface area contributed by atoms with Crippen LogP contribution < -0.4 is 4.90 Å². The van der Waals surface area contributed by atoms with Crippen LogP contribution >= 0.6 is 0 Å². The first-order chi connectivity index (χ1) is 31.7. The fourth-order valence-corrected chi connectivity index (χ4v) is 10.2. The molecule has 0 N–H and O–H groups in total. The minimum Gasteiger partial charge on any atom is -0.455 e. The first-order valence-corrected chi connectivity index (χ1v) is 22.0. The summed E-state index contributed by atoms with van der Waals surface area (Å²) in [5.41, 5.74) is 12.1. The van der Waals surface area contributed by atoms with E-state index in [4.69, 9.17) is 4.42 Å². The quantitative estimate of drug-likeness (QED) is 0.156. The molecular weight excluding hydrogens is 775 g/mol. The van der Waals surface area contributed by atoms with E-state index >= 15 is 0 Å². The van der Waals surface area contributed by atoms with Crippen molar-refractivity contribution in [1.82, 2.24) is 0 Å². The zero-order chi connectivity index (χ0) is 42.1. The van der Waals surface area contributed by atoms with Gasteiger partial charge in [-0.3, -0.25) is 0 Å². The average molecular weight is 814 g/mol. The number of nitrogens with zero attached hydrogens (tertiary/aromatic N) is 1. The molecule has 0 aliphatic rings. The third-order valence-electron chi connectivity index (χ3n) is 13.2. The van der Waals surface area contributed by atoms with Crippen LogP contribution in [0.1, 0.15) is 0 Å². The number of fused-ring (bicyclic) bond motifs is 11. The Morgan fingerprint density at radius 2 is 0.734 bits per heavy atom. The van der Waals surface area contributed by atoms with Crippen molar-refractivity contribution in [2.45, 2.75) is 0 Å². The van der Waals surface area contributed by atoms with Gasteiger partial charge in [0, 0.05) is 33.2 Å². The molecule has 0 fully saturated rings. The van der Waals surface area contributed by atoms with Crippen molar-refractivity contribution in [3.63, 3.8) is 0 Å². The maximum atomic E-state index is 6.62. The van der Waals surface area contributed by atoms with Crippen molar-refractivity contribution >= 4 is 92.9 Å². The van der Waals surface area contributed by atoms with Gasteiger partial charge in [0.15, 0.2) is 0 Å². The third-order valence-corrected chi connectivity index (χ3v) is 13.2. The maximum Gasteiger partial charge on any atom is 0.143 e. The Kier molecular flexibility index (Phi) is 8.25. The highest BCUT2D eigenvalue weighted by Gasteiger charge is 2.19. The van der Waals surface area contributed by atoms with E-state index in [0.29, 0.717) is 0 Å². The van der Waals surface area contributed by atoms with Crippen LogP contribution in [-0.2, 0) is 0 Å². The molecular formula is C62H39NO. The molecule has 64 heavy (non-hydrogen) atoms. The molecule has 1 heterocycles. The Bertz CT molecular complexity index is 3790. The summed E-state index contributed by atoms with van der Waals surface area (Å²) in [6.45, 7) is 0. The lowest BCUT2D eigenvalue weighted by atomic mass is 9.94. The number of hydrogen-bond acceptors (Lipinski definition) is 2. The van der Waals surface area contributed by atoms with Gasteiger partial charge in [0.2, 0.25) is 0 Å². The molecule has 0 unspecified atom stereocenters. The summed E-state index contributed by atoms with van der Waals surface area (Å²) in [6.07, 6.45) is 0. The van der Waals surface area contributed by atoms with E-state index in [1.54, 1.807) is 0 Å². The van der Waals surface area contributed by atoms with Crippen molar-refractivity contribution < 1.29 is 4.42 Å². The lowest BCUT2D eigenvalue weighted by molar-refractivity contribution is 0.673. The standard InChI is InChI=1S/C62H39NO/c1-4-16-49-40(11-1)29-36-57-51(19-8-22-55(49)57)43-25-32-46(33-26-43)63(47-34-27-44(28-35-47)52-20-9-23-56-50-17-5-2-12-41(50)30-37-58(52)56)48-15-7-14-45(39-48)53-21-10-24-60-61(53)59-38-31-42-13-3-6-18-54(42)62(59)64-60/h1-39H. The summed E-state index contributed by atoms with van der Waals surface area (Å²) in [4.78, 5) is 2.38. The first-order valence-electron chi connectivity index (χ1n) is 22.0. The second kappa shape index (κ2) is 14.6. The molecule has 0 aliphatic carbocycles. The molecule has 298 valence electrons. The van der Waals surface area contributed by atoms with Crippen LogP contribution in [0.5, 0.6) is 0 Å². The monoisotopic (exact) mass is 813 g/mol. The zero-order valence-electron chi connectivity index (χ0n) is 34.9. The highest BCUT2D eigenvalue weighted by atomic mass is 16.3. The Hall–Kier alpha value is -8.46. The number of benzene rings is 12. The number of furan rings is 1. The van der Waals surface area contributed by atoms with E-state index in [-0.39, 0.29) is 0 Å². The van der Waals surface area contributed by atoms with Crippen molar-refractivity contribution in [3.8, 4) is 33.4 Å². The van der Waals surface area contributed by atoms with Crippen molar-refractivity contribution in [1.29, 1.82) is 0 Å². The minimum atomic E-state index is 0.889. The summed E-state index contributed by atoms with van der Waals surface area (Å²) >= 11 is 0. The molecule has 12 aromatic carbocycles. The predicted molar refractivity (Wildman–Crippen MR) is 272 cm³/mol. The summed E-state index contributed by atoms with van der Waals surface area (Å²) in [6, 6.07) is 86.0. The predicted octanol–water partition coefficient (Wildman–Crippen LogP) is 17.8. The topological polar surface area (TPSA) is 16.4 Å². The van der Waals surface area contributed by atoms with E-state index in [2.05, 4.69) is 241 Å². The van der Waals surface area contributed by atoms with Crippen LogP contribution in [0, 0.1) is 0 Å². The van der Waals surface area contributed by atoms with Crippen LogP contribution in [0.15, 0.2) is 241 Å². The molecule has 0 saturated carbocycles. The molecule has 1 aromatic heterocycles. The fourth-order valence-electron chi connectivity index (χ4n) is 10.2. The van der Waals surface area contributed by atoms with Crippen molar-refractivity contribution in [2.75, 3.05) is 4.90 Å². The molecule has 0 radical (unpaired) electrons. The van der Waals surface area contributed by atoms with Gasteiger partial charge in [-0.05, 0) is 130 Å². The second-order valence-corrected chi connectivity index (χ2v) is 16.8. The second-order valence-electron chi connectivity index (χ2n) is 16.8. The summed E-state index contributed by atoms with van der Waals surface area (Å²) in [5, 5.41) is 14.7. The largest absolute Gasteiger partial charge is 0.455 e. The Balaban J connectivity index is 0.949. The number of hydrogen-bond donors (Lipinski definition) is 0. The Labute approximate surface area is 370 Å². The SMILES string of the molecule is c1cc(-c2cccc3oc4c5ccccc5ccc4c23)cc(N(c2ccc(-c3cccc4c3ccc3ccccc34)cc2)c2ccc(-c3cccc4c3ccc3ccccc34)cc2)c1. The van der Waals surface area contributed by atoms with Crippen molar-refractivity contribution in [2.24, 2.45) is 0 Å². The third kappa shape index (κ3) is 5.81. The van der Waals surface area contributed by atoms with Gasteiger partial charge in [0.1, 0.15) is 11.2 Å². The van der Waals surface area contributed by atoms with Crippen LogP contribution in [0.3, 0.4) is 0 Å². The van der Waals surface area contributed by atoms with Crippen molar-refractivity contribution in [3.05, 3.63) is 237 Å². The van der Waals surface area contributed by atoms with E-state index < -0.39 is 0 Å². The zero-order valence-corrected chi connectivity index (χ0v) is 34.9. The molecule has 13 rings (SSSR count). The van der Waals surface area contributed by atoms with Gasteiger partial charge in [-0.25, -0.2) is 0 Å². The highest BCUT2D eigenvalue weighted by Crippen LogP contribution is 2.44. The number of anilines is 3. The summed E-state index contributed by atoms with van der Waals surface area (Å²) < 4.78 is 6.62. The number of rotatable bonds is 6. The lowest BCUT2D eigenvalue weighted by Crippen LogP contribution is -2.10. The lowest BCUT2D eigenvalue weighted by Gasteiger charge is -2.26. The fraction of sp³-hybridized carbons (Fsp3) is 0. The molecule has 2 nitrogen and oxygen atoms in total. The smallest absolute Gasteiger partial charge is 0.143 e. The van der Waals surface area contributed by atoms with Crippen LogP contribution in [0.2, 0.25) is 0 Å². The van der Waals surface area contributed by atoms with Gasteiger partial charge in [-0.1, -0.05) is 188 Å². The highest BCUT2D eigenvalue weighted by molar-refractivity contribution is 6.19. The Morgan fingerprint density at radius 3 is 1.33 bits per heavy atom. The molecule has 0 aliphatic heterocycles. The molecule has 0 saturated heterocycles. The van der Waals surface area contributed by atoms with E-state index in [0.717, 1.165) is 55.5 Å². The normalized spacial score (nSPS) is 11.8. The van der Waals surface area contributed by atoms with Crippen LogP contribution in [0.25, 0.3) is 109 Å². The van der Waals surface area contributed by atoms with Gasteiger partial charge < -0.3 is 9.32 Å². The maximum absolute atomic E-state index is 6.62. The summed E-state index contributed by atoms with van der Waals surface area (Å²) in [7, 11) is 0. The van der Waals surface area contributed by atoms with E-state index in [1.165, 1.54) is 70.7 Å². The van der Waals surface area contributed by atoms with Gasteiger partial charge >= 0.3 is 0 Å². The molecule has 0 spiro atoms. The first kappa shape index (κ1) is 36.2. The van der Waals surface area contributed by atoms with Gasteiger partial charge in [-0.15, -0.1) is 0 Å². The van der Waals surface area contributed by atoms with E-state index in [1.807, 2.05) is 0 Å². The van der Waals surface area contributed by atoms with Gasteiger partial charge in [0.05, 0.1) is 0 Å². The minimum absolute atomic E-state index is 0.889.